The molecule has 2 aromatic carbocycles. The second-order valence-corrected chi connectivity index (χ2v) is 11.1. The lowest BCUT2D eigenvalue weighted by atomic mass is 9.97. The molecule has 0 saturated heterocycles. The van der Waals surface area contributed by atoms with Crippen molar-refractivity contribution in [3.63, 3.8) is 0 Å². The van der Waals surface area contributed by atoms with Gasteiger partial charge in [0.2, 0.25) is 0 Å². The highest BCUT2D eigenvalue weighted by Gasteiger charge is 2.41. The van der Waals surface area contributed by atoms with E-state index in [9.17, 15) is 28.3 Å². The number of aromatic nitrogens is 4. The number of carbonyl (C=O) groups is 1. The summed E-state index contributed by atoms with van der Waals surface area (Å²) < 4.78 is 49.9. The quantitative estimate of drug-likeness (QED) is 0.263. The Hall–Kier alpha value is -4.80. The Labute approximate surface area is 251 Å². The smallest absolute Gasteiger partial charge is 0.388 e. The molecule has 0 aliphatic carbocycles. The van der Waals surface area contributed by atoms with E-state index < -0.39 is 23.2 Å². The lowest BCUT2D eigenvalue weighted by Gasteiger charge is -2.19. The number of amides is 1. The lowest BCUT2D eigenvalue weighted by Crippen LogP contribution is -2.26. The zero-order chi connectivity index (χ0) is 31.8. The molecule has 3 heterocycles. The van der Waals surface area contributed by atoms with Gasteiger partial charge in [0, 0.05) is 24.7 Å². The first kappa shape index (κ1) is 30.7. The highest BCUT2D eigenvalue weighted by atomic mass is 19.4. The molecule has 4 aromatic rings. The number of hydrogen-bond acceptors (Lipinski definition) is 8. The largest absolute Gasteiger partial charge is 0.416 e. The number of aliphatic hydroxyl groups is 1. The summed E-state index contributed by atoms with van der Waals surface area (Å²) >= 11 is 0. The fourth-order valence-corrected chi connectivity index (χ4v) is 5.07. The van der Waals surface area contributed by atoms with E-state index in [2.05, 4.69) is 26.6 Å². The molecule has 0 atom stereocenters. The van der Waals surface area contributed by atoms with E-state index in [0.29, 0.717) is 40.4 Å². The number of aryl methyl sites for hydroxylation is 1. The molecular weight excluding hydrogens is 575 g/mol. The highest BCUT2D eigenvalue weighted by Crippen LogP contribution is 2.41. The van der Waals surface area contributed by atoms with Crippen molar-refractivity contribution in [2.45, 2.75) is 45.7 Å². The number of pyridine rings is 1. The van der Waals surface area contributed by atoms with Crippen molar-refractivity contribution in [2.75, 3.05) is 23.4 Å². The molecule has 10 nitrogen and oxygen atoms in total. The van der Waals surface area contributed by atoms with Gasteiger partial charge in [0.25, 0.3) is 5.91 Å². The first-order chi connectivity index (χ1) is 20.8. The van der Waals surface area contributed by atoms with E-state index in [1.807, 2.05) is 6.92 Å². The van der Waals surface area contributed by atoms with Crippen LogP contribution in [0, 0.1) is 11.3 Å². The van der Waals surface area contributed by atoms with Gasteiger partial charge in [-0.05, 0) is 79.4 Å². The Balaban J connectivity index is 1.59. The van der Waals surface area contributed by atoms with Crippen molar-refractivity contribution in [3.8, 4) is 28.6 Å². The number of nitrogens with zero attached hydrogens (tertiary/aromatic N) is 6. The summed E-state index contributed by atoms with van der Waals surface area (Å²) in [5.74, 6) is 0.434. The number of nitrogens with one attached hydrogen (secondary N) is 1. The maximum Gasteiger partial charge on any atom is 0.416 e. The van der Waals surface area contributed by atoms with Crippen LogP contribution >= 0.6 is 0 Å². The molecule has 5 rings (SSSR count). The highest BCUT2D eigenvalue weighted by molar-refractivity contribution is 6.10. The van der Waals surface area contributed by atoms with Gasteiger partial charge in [-0.2, -0.15) is 18.4 Å². The lowest BCUT2D eigenvalue weighted by molar-refractivity contribution is -0.138. The summed E-state index contributed by atoms with van der Waals surface area (Å²) in [6.45, 7) is 4.77. The van der Waals surface area contributed by atoms with Crippen LogP contribution in [0.3, 0.4) is 0 Å². The van der Waals surface area contributed by atoms with Crippen molar-refractivity contribution in [1.82, 2.24) is 19.7 Å². The molecule has 0 radical (unpaired) electrons. The number of hydrogen-bond donors (Lipinski definition) is 2. The monoisotopic (exact) mass is 605 g/mol. The number of benzene rings is 2. The summed E-state index contributed by atoms with van der Waals surface area (Å²) in [6, 6.07) is 13.0. The number of carbonyl (C=O) groups excluding carboxylic acids is 1. The van der Waals surface area contributed by atoms with Crippen LogP contribution < -0.4 is 10.2 Å². The van der Waals surface area contributed by atoms with Gasteiger partial charge in [-0.1, -0.05) is 6.07 Å². The minimum absolute atomic E-state index is 0.0861. The third-order valence-corrected chi connectivity index (χ3v) is 6.99. The zero-order valence-electron chi connectivity index (χ0n) is 24.5. The van der Waals surface area contributed by atoms with Crippen LogP contribution in [-0.4, -0.2) is 49.5 Å². The average molecular weight is 606 g/mol. The predicted molar refractivity (Wildman–Crippen MR) is 156 cm³/mol. The van der Waals surface area contributed by atoms with Gasteiger partial charge in [-0.3, -0.25) is 9.69 Å². The molecule has 0 bridgehead atoms. The van der Waals surface area contributed by atoms with Gasteiger partial charge in [-0.15, -0.1) is 10.2 Å². The van der Waals surface area contributed by atoms with Crippen LogP contribution in [0.5, 0.6) is 0 Å². The molecule has 0 spiro atoms. The van der Waals surface area contributed by atoms with E-state index in [1.165, 1.54) is 31.1 Å². The van der Waals surface area contributed by atoms with Crippen LogP contribution in [0.1, 0.15) is 53.4 Å². The molecule has 0 saturated carbocycles. The number of nitriles is 1. The second kappa shape index (κ2) is 11.7. The zero-order valence-corrected chi connectivity index (χ0v) is 24.5. The molecule has 0 unspecified atom stereocenters. The average Bonchev–Trinajstić information content (AvgIpc) is 3.53. The van der Waals surface area contributed by atoms with E-state index in [-0.39, 0.29) is 42.3 Å². The van der Waals surface area contributed by atoms with Gasteiger partial charge < -0.3 is 19.7 Å². The van der Waals surface area contributed by atoms with Crippen molar-refractivity contribution in [2.24, 2.45) is 7.05 Å². The van der Waals surface area contributed by atoms with Gasteiger partial charge in [0.1, 0.15) is 18.0 Å². The number of alkyl halides is 3. The molecule has 1 aliphatic heterocycles. The summed E-state index contributed by atoms with van der Waals surface area (Å²) in [4.78, 5) is 19.5. The fraction of sp³-hybridized carbons (Fsp3) is 0.323. The van der Waals surface area contributed by atoms with Crippen LogP contribution in [0.25, 0.3) is 22.5 Å². The SMILES string of the molecule is CCNc1cc(-c2ccc(C#N)cc2-c2nncn2C)cc(N2Cc3c(cc(COCC(C)(C)O)cc3C(F)(F)F)C2=O)n1. The molecule has 2 N–H and O–H groups in total. The third-order valence-electron chi connectivity index (χ3n) is 6.99. The van der Waals surface area contributed by atoms with Crippen LogP contribution in [0.15, 0.2) is 48.8 Å². The van der Waals surface area contributed by atoms with E-state index in [1.54, 1.807) is 41.9 Å². The first-order valence-corrected chi connectivity index (χ1v) is 13.8. The van der Waals surface area contributed by atoms with E-state index >= 15 is 0 Å². The number of halogens is 3. The van der Waals surface area contributed by atoms with Crippen LogP contribution in [-0.2, 0) is 31.1 Å². The molecule has 1 aliphatic rings. The Morgan fingerprint density at radius 3 is 2.52 bits per heavy atom. The van der Waals surface area contributed by atoms with Gasteiger partial charge >= 0.3 is 6.18 Å². The Morgan fingerprint density at radius 1 is 1.11 bits per heavy atom. The second-order valence-electron chi connectivity index (χ2n) is 11.1. The molecular formula is C31H30F3N7O3. The van der Waals surface area contributed by atoms with Crippen molar-refractivity contribution < 1.29 is 27.8 Å². The molecule has 2 aromatic heterocycles. The minimum atomic E-state index is -4.72. The third kappa shape index (κ3) is 6.27. The molecule has 0 fully saturated rings. The molecule has 228 valence electrons. The summed E-state index contributed by atoms with van der Waals surface area (Å²) in [7, 11) is 1.77. The normalized spacial score (nSPS) is 13.2. The van der Waals surface area contributed by atoms with Crippen LogP contribution in [0.4, 0.5) is 24.8 Å². The van der Waals surface area contributed by atoms with Gasteiger partial charge in [0.15, 0.2) is 5.82 Å². The number of fused-ring (bicyclic) bond motifs is 1. The van der Waals surface area contributed by atoms with Gasteiger partial charge in [0.05, 0.1) is 42.6 Å². The predicted octanol–water partition coefficient (Wildman–Crippen LogP) is 5.31. The Bertz CT molecular complexity index is 1770. The summed E-state index contributed by atoms with van der Waals surface area (Å²) in [6.07, 6.45) is -3.19. The van der Waals surface area contributed by atoms with Gasteiger partial charge in [-0.25, -0.2) is 4.98 Å². The van der Waals surface area contributed by atoms with Crippen LogP contribution in [0.2, 0.25) is 0 Å². The number of anilines is 2. The summed E-state index contributed by atoms with van der Waals surface area (Å²) in [5.41, 5.74) is 0.113. The standard InChI is InChI=1S/C31H30F3N7O3/c1-5-36-26-11-20(21-7-6-18(13-35)8-22(21)28-39-37-17-40(28)4)12-27(38-26)41-14-24-23(29(41)42)9-19(10-25(24)31(32,33)34)15-44-16-30(2,3)43/h6-12,17,43H,5,14-16H2,1-4H3,(H,36,38). The topological polar surface area (TPSA) is 129 Å². The number of ether oxygens (including phenoxy) is 1. The van der Waals surface area contributed by atoms with Crippen molar-refractivity contribution in [3.05, 3.63) is 76.6 Å². The van der Waals surface area contributed by atoms with Crippen molar-refractivity contribution >= 4 is 17.5 Å². The Morgan fingerprint density at radius 2 is 1.89 bits per heavy atom. The first-order valence-electron chi connectivity index (χ1n) is 13.8. The summed E-state index contributed by atoms with van der Waals surface area (Å²) in [5, 5.41) is 30.7. The fourth-order valence-electron chi connectivity index (χ4n) is 5.07. The maximum atomic E-state index is 14.2. The van der Waals surface area contributed by atoms with E-state index in [0.717, 1.165) is 6.07 Å². The minimum Gasteiger partial charge on any atom is -0.388 e. The molecule has 44 heavy (non-hydrogen) atoms. The number of rotatable bonds is 9. The molecule has 13 heteroatoms. The van der Waals surface area contributed by atoms with Crippen molar-refractivity contribution in [1.29, 1.82) is 5.26 Å². The Kier molecular flexibility index (Phi) is 8.15. The van der Waals surface area contributed by atoms with E-state index in [4.69, 9.17) is 4.74 Å². The maximum absolute atomic E-state index is 14.2. The molecule has 1 amide bonds.